The fourth-order valence-corrected chi connectivity index (χ4v) is 5.80. The van der Waals surface area contributed by atoms with Gasteiger partial charge in [-0.1, -0.05) is 27.7 Å². The minimum atomic E-state index is -4.26. The average Bonchev–Trinajstić information content (AvgIpc) is 2.62. The number of carbonyl (C=O) groups is 3. The summed E-state index contributed by atoms with van der Waals surface area (Å²) in [6, 6.07) is 0. The van der Waals surface area contributed by atoms with Gasteiger partial charge in [-0.05, 0) is 11.0 Å². The Morgan fingerprint density at radius 3 is 2.18 bits per heavy atom. The van der Waals surface area contributed by atoms with Crippen LogP contribution in [0.2, 0.25) is 0 Å². The van der Waals surface area contributed by atoms with E-state index in [9.17, 15) is 37.0 Å². The molecule has 190 valence electrons. The number of esters is 1. The zero-order chi connectivity index (χ0) is 26.0. The zero-order valence-electron chi connectivity index (χ0n) is 19.0. The van der Waals surface area contributed by atoms with Crippen LogP contribution in [0.25, 0.3) is 0 Å². The Bertz CT molecular complexity index is 843. The maximum atomic E-state index is 12.5. The van der Waals surface area contributed by atoms with Crippen LogP contribution in [0.1, 0.15) is 47.5 Å². The number of hydrogen-bond donors (Lipinski definition) is 3. The fourth-order valence-electron chi connectivity index (χ4n) is 2.69. The van der Waals surface area contributed by atoms with Crippen molar-refractivity contribution in [1.82, 2.24) is 5.32 Å². The van der Waals surface area contributed by atoms with Crippen molar-refractivity contribution in [1.29, 1.82) is 0 Å². The van der Waals surface area contributed by atoms with Gasteiger partial charge in [0.05, 0.1) is 29.8 Å². The van der Waals surface area contributed by atoms with Gasteiger partial charge in [0.25, 0.3) is 15.8 Å². The summed E-state index contributed by atoms with van der Waals surface area (Å²) in [7, 11) is -10.9. The molecule has 16 heteroatoms. The van der Waals surface area contributed by atoms with Gasteiger partial charge in [0.2, 0.25) is 5.91 Å². The number of carboxylic acid groups (broad SMARTS) is 1. The summed E-state index contributed by atoms with van der Waals surface area (Å²) in [5, 5.41) is 12.0. The predicted octanol–water partition coefficient (Wildman–Crippen LogP) is 1.70. The Morgan fingerprint density at radius 1 is 1.15 bits per heavy atom. The van der Waals surface area contributed by atoms with Gasteiger partial charge in [-0.3, -0.25) is 13.8 Å². The molecule has 3 N–H and O–H groups in total. The molecule has 4 atom stereocenters. The molecule has 0 heterocycles. The molecular weight excluding hydrogens is 504 g/mol. The lowest BCUT2D eigenvalue weighted by atomic mass is 9.81. The van der Waals surface area contributed by atoms with Crippen LogP contribution in [0, 0.1) is 11.3 Å². The SMILES string of the molecule is CC(=O)NCCCS(=O)(=O)OC(CCOC(=O)C(C)C)C(C)(C)[C@H](C(=O)O)[P+](=O)O[P+](=O)O. The molecule has 13 nitrogen and oxygen atoms in total. The molecule has 0 saturated heterocycles. The van der Waals surface area contributed by atoms with Crippen LogP contribution in [0.3, 0.4) is 0 Å². The predicted molar refractivity (Wildman–Crippen MR) is 116 cm³/mol. The summed E-state index contributed by atoms with van der Waals surface area (Å²) >= 11 is 0. The molecule has 0 bridgehead atoms. The second kappa shape index (κ2) is 14.0. The first-order chi connectivity index (χ1) is 15.0. The Morgan fingerprint density at radius 2 is 1.73 bits per heavy atom. The average molecular weight is 535 g/mol. The van der Waals surface area contributed by atoms with Crippen molar-refractivity contribution in [3.8, 4) is 0 Å². The molecule has 0 aliphatic heterocycles. The first kappa shape index (κ1) is 31.4. The van der Waals surface area contributed by atoms with Crippen molar-refractivity contribution in [2.75, 3.05) is 18.9 Å². The third kappa shape index (κ3) is 11.9. The van der Waals surface area contributed by atoms with Crippen molar-refractivity contribution in [2.45, 2.75) is 59.2 Å². The van der Waals surface area contributed by atoms with Gasteiger partial charge in [-0.25, -0.2) is 4.79 Å². The van der Waals surface area contributed by atoms with Crippen LogP contribution in [0.5, 0.6) is 0 Å². The Hall–Kier alpha value is -1.56. The molecule has 33 heavy (non-hydrogen) atoms. The lowest BCUT2D eigenvalue weighted by Gasteiger charge is -2.32. The summed E-state index contributed by atoms with van der Waals surface area (Å²) < 4.78 is 62.8. The van der Waals surface area contributed by atoms with E-state index in [4.69, 9.17) is 13.8 Å². The maximum absolute atomic E-state index is 12.5. The van der Waals surface area contributed by atoms with Crippen molar-refractivity contribution in [3.63, 3.8) is 0 Å². The molecule has 0 aliphatic rings. The van der Waals surface area contributed by atoms with E-state index in [1.165, 1.54) is 20.8 Å². The van der Waals surface area contributed by atoms with Crippen molar-refractivity contribution in [2.24, 2.45) is 11.3 Å². The van der Waals surface area contributed by atoms with E-state index in [-0.39, 0.29) is 31.9 Å². The monoisotopic (exact) mass is 535 g/mol. The van der Waals surface area contributed by atoms with Crippen LogP contribution < -0.4 is 5.32 Å². The Labute approximate surface area is 194 Å². The van der Waals surface area contributed by atoms with Crippen LogP contribution in [0.4, 0.5) is 0 Å². The fraction of sp³-hybridized carbons (Fsp3) is 0.824. The number of ether oxygens (including phenoxy) is 1. The number of carboxylic acids is 1. The van der Waals surface area contributed by atoms with Gasteiger partial charge in [-0.15, -0.1) is 4.89 Å². The highest BCUT2D eigenvalue weighted by Crippen LogP contribution is 2.49. The lowest BCUT2D eigenvalue weighted by Crippen LogP contribution is -2.46. The van der Waals surface area contributed by atoms with Crippen molar-refractivity contribution in [3.05, 3.63) is 0 Å². The van der Waals surface area contributed by atoms with Gasteiger partial charge in [0.1, 0.15) is 4.31 Å². The van der Waals surface area contributed by atoms with E-state index in [1.807, 2.05) is 0 Å². The van der Waals surface area contributed by atoms with E-state index < -0.39 is 67.2 Å². The quantitative estimate of drug-likeness (QED) is 0.112. The molecule has 0 aromatic heterocycles. The first-order valence-electron chi connectivity index (χ1n) is 9.86. The molecule has 0 aromatic rings. The van der Waals surface area contributed by atoms with E-state index in [1.54, 1.807) is 13.8 Å². The van der Waals surface area contributed by atoms with Crippen molar-refractivity contribution < 1.29 is 55.2 Å². The maximum Gasteiger partial charge on any atom is 0.742 e. The van der Waals surface area contributed by atoms with Gasteiger partial charge >= 0.3 is 28.2 Å². The van der Waals surface area contributed by atoms with Crippen LogP contribution >= 0.6 is 16.3 Å². The van der Waals surface area contributed by atoms with Gasteiger partial charge < -0.3 is 15.2 Å². The Balaban J connectivity index is 5.78. The number of carbonyl (C=O) groups excluding carboxylic acids is 2. The highest BCUT2D eigenvalue weighted by atomic mass is 32.2. The topological polar surface area (TPSA) is 200 Å². The number of hydrogen-bond acceptors (Lipinski definition) is 10. The molecule has 0 aliphatic carbocycles. The van der Waals surface area contributed by atoms with E-state index >= 15 is 0 Å². The second-order valence-electron chi connectivity index (χ2n) is 7.96. The normalized spacial score (nSPS) is 14.9. The molecule has 0 rings (SSSR count). The molecule has 1 amide bonds. The number of amides is 1. The minimum absolute atomic E-state index is 0.00210. The molecule has 3 unspecified atom stereocenters. The van der Waals surface area contributed by atoms with Crippen LogP contribution in [0.15, 0.2) is 0 Å². The third-order valence-corrected chi connectivity index (χ3v) is 8.26. The molecule has 0 radical (unpaired) electrons. The smallest absolute Gasteiger partial charge is 0.478 e. The summed E-state index contributed by atoms with van der Waals surface area (Å²) in [6.45, 7) is 6.64. The van der Waals surface area contributed by atoms with Crippen LogP contribution in [-0.4, -0.2) is 66.9 Å². The molecule has 0 fully saturated rings. The standard InChI is InChI=1S/C17H29NO12P2S/c1-11(2)16(22)28-9-7-13(29-33(26,27)10-6-8-18-12(3)19)17(4,5)14(15(20)21)31(23)30-32(24)25/h11,13-14H,6-10H2,1-5H3,(H-2,18,19,20,21,24,25)/p+2/t13?,14-/m0/s1. The summed E-state index contributed by atoms with van der Waals surface area (Å²) in [5.41, 5.74) is -3.65. The third-order valence-electron chi connectivity index (χ3n) is 4.43. The zero-order valence-corrected chi connectivity index (χ0v) is 21.7. The summed E-state index contributed by atoms with van der Waals surface area (Å²) in [4.78, 5) is 43.3. The minimum Gasteiger partial charge on any atom is -0.478 e. The second-order valence-corrected chi connectivity index (χ2v) is 11.9. The van der Waals surface area contributed by atoms with Gasteiger partial charge in [0.15, 0.2) is 0 Å². The highest BCUT2D eigenvalue weighted by molar-refractivity contribution is 7.86. The molecular formula is C17H31NO12P2S+2. The van der Waals surface area contributed by atoms with E-state index in [2.05, 4.69) is 9.63 Å². The van der Waals surface area contributed by atoms with Crippen LogP contribution in [-0.2, 0) is 46.9 Å². The Kier molecular flexibility index (Phi) is 13.3. The lowest BCUT2D eigenvalue weighted by molar-refractivity contribution is -0.149. The number of nitrogens with one attached hydrogen (secondary N) is 1. The van der Waals surface area contributed by atoms with E-state index in [0.29, 0.717) is 0 Å². The highest BCUT2D eigenvalue weighted by Gasteiger charge is 2.60. The van der Waals surface area contributed by atoms with E-state index in [0.717, 1.165) is 0 Å². The van der Waals surface area contributed by atoms with Gasteiger partial charge in [-0.2, -0.15) is 8.42 Å². The number of aliphatic carboxylic acids is 1. The summed E-state index contributed by atoms with van der Waals surface area (Å²) in [5.74, 6) is -3.59. The molecule has 0 spiro atoms. The molecule has 0 aromatic carbocycles. The molecule has 0 saturated carbocycles. The summed E-state index contributed by atoms with van der Waals surface area (Å²) in [6.07, 6.45) is -1.74. The largest absolute Gasteiger partial charge is 0.742 e. The first-order valence-corrected chi connectivity index (χ1v) is 13.8. The number of rotatable bonds is 16. The van der Waals surface area contributed by atoms with Gasteiger partial charge in [0, 0.05) is 24.5 Å². The van der Waals surface area contributed by atoms with Crippen molar-refractivity contribution >= 4 is 44.2 Å².